The minimum Gasteiger partial charge on any atom is -0.496 e. The lowest BCUT2D eigenvalue weighted by atomic mass is 9.92. The van der Waals surface area contributed by atoms with Gasteiger partial charge in [-0.05, 0) is 42.2 Å². The normalized spacial score (nSPS) is 15.4. The lowest BCUT2D eigenvalue weighted by Crippen LogP contribution is -2.40. The highest BCUT2D eigenvalue weighted by molar-refractivity contribution is 6.33. The third-order valence-electron chi connectivity index (χ3n) is 5.79. The van der Waals surface area contributed by atoms with Gasteiger partial charge in [0.2, 0.25) is 5.88 Å². The van der Waals surface area contributed by atoms with Crippen molar-refractivity contribution >= 4 is 23.5 Å². The molecule has 0 bridgehead atoms. The van der Waals surface area contributed by atoms with Gasteiger partial charge in [0.05, 0.1) is 14.2 Å². The van der Waals surface area contributed by atoms with E-state index in [1.54, 1.807) is 37.6 Å². The number of pyridine rings is 1. The monoisotopic (exact) mass is 466 g/mol. The van der Waals surface area contributed by atoms with E-state index in [9.17, 15) is 14.7 Å². The highest BCUT2D eigenvalue weighted by Crippen LogP contribution is 2.41. The first-order valence-corrected chi connectivity index (χ1v) is 10.8. The number of methoxy groups -OCH3 is 2. The minimum absolute atomic E-state index is 0.320. The van der Waals surface area contributed by atoms with Crippen LogP contribution in [0.2, 0.25) is 5.02 Å². The molecule has 0 aliphatic carbocycles. The van der Waals surface area contributed by atoms with Crippen molar-refractivity contribution in [3.8, 4) is 33.9 Å². The Balaban J connectivity index is 1.86. The van der Waals surface area contributed by atoms with E-state index in [1.165, 1.54) is 12.0 Å². The summed E-state index contributed by atoms with van der Waals surface area (Å²) in [5.74, 6) is -0.340. The third-order valence-corrected chi connectivity index (χ3v) is 6.12. The minimum atomic E-state index is -0.988. The average molecular weight is 467 g/mol. The Morgan fingerprint density at radius 3 is 2.52 bits per heavy atom. The van der Waals surface area contributed by atoms with Crippen LogP contribution in [0.4, 0.5) is 0 Å². The molecule has 33 heavy (non-hydrogen) atoms. The number of carbonyl (C=O) groups excluding carboxylic acids is 1. The summed E-state index contributed by atoms with van der Waals surface area (Å²) in [6.45, 7) is 0.412. The largest absolute Gasteiger partial charge is 0.496 e. The standard InChI is InChI=1S/C25H23ClN2O5/c1-32-22-13-23(33-2)27-14-19(22)16-10-9-15(12-18(16)17-6-3-4-7-20(17)26)24(29)28-11-5-8-21(28)25(30)31/h3-4,6-7,9-10,12-14,21H,5,8,11H2,1-2H3,(H,30,31). The van der Waals surface area contributed by atoms with Gasteiger partial charge in [0.1, 0.15) is 11.8 Å². The molecular formula is C25H23ClN2O5. The molecule has 1 unspecified atom stereocenters. The molecule has 7 nitrogen and oxygen atoms in total. The Morgan fingerprint density at radius 2 is 1.82 bits per heavy atom. The maximum absolute atomic E-state index is 13.3. The van der Waals surface area contributed by atoms with Gasteiger partial charge < -0.3 is 19.5 Å². The Bertz CT molecular complexity index is 1210. The molecule has 1 aromatic heterocycles. The zero-order chi connectivity index (χ0) is 23.5. The number of aliphatic carboxylic acids is 1. The predicted molar refractivity (Wildman–Crippen MR) is 125 cm³/mol. The zero-order valence-electron chi connectivity index (χ0n) is 18.2. The predicted octanol–water partition coefficient (Wildman–Crippen LogP) is 4.78. The highest BCUT2D eigenvalue weighted by atomic mass is 35.5. The number of carbonyl (C=O) groups is 2. The molecule has 0 saturated carbocycles. The van der Waals surface area contributed by atoms with Crippen molar-refractivity contribution in [2.45, 2.75) is 18.9 Å². The van der Waals surface area contributed by atoms with Crippen LogP contribution in [0.1, 0.15) is 23.2 Å². The molecule has 8 heteroatoms. The van der Waals surface area contributed by atoms with Crippen molar-refractivity contribution in [1.29, 1.82) is 0 Å². The molecule has 1 aliphatic rings. The summed E-state index contributed by atoms with van der Waals surface area (Å²) in [5, 5.41) is 10.0. The molecule has 2 aromatic carbocycles. The van der Waals surface area contributed by atoms with Crippen molar-refractivity contribution in [2.75, 3.05) is 20.8 Å². The van der Waals surface area contributed by atoms with Gasteiger partial charge in [-0.15, -0.1) is 0 Å². The molecule has 0 spiro atoms. The van der Waals surface area contributed by atoms with Gasteiger partial charge in [0, 0.05) is 40.5 Å². The summed E-state index contributed by atoms with van der Waals surface area (Å²) in [4.78, 5) is 30.6. The number of carboxylic acid groups (broad SMARTS) is 1. The molecule has 170 valence electrons. The molecular weight excluding hydrogens is 444 g/mol. The molecule has 1 aliphatic heterocycles. The molecule has 1 atom stereocenters. The Labute approximate surface area is 196 Å². The maximum atomic E-state index is 13.3. The van der Waals surface area contributed by atoms with Gasteiger partial charge in [-0.3, -0.25) is 4.79 Å². The summed E-state index contributed by atoms with van der Waals surface area (Å²) in [6.07, 6.45) is 2.76. The van der Waals surface area contributed by atoms with Gasteiger partial charge in [-0.2, -0.15) is 0 Å². The van der Waals surface area contributed by atoms with E-state index in [2.05, 4.69) is 4.98 Å². The lowest BCUT2D eigenvalue weighted by molar-refractivity contribution is -0.141. The summed E-state index contributed by atoms with van der Waals surface area (Å²) in [5.41, 5.74) is 3.31. The zero-order valence-corrected chi connectivity index (χ0v) is 19.0. The number of nitrogens with zero attached hydrogens (tertiary/aromatic N) is 2. The van der Waals surface area contributed by atoms with Crippen LogP contribution < -0.4 is 9.47 Å². The van der Waals surface area contributed by atoms with Gasteiger partial charge in [-0.25, -0.2) is 9.78 Å². The van der Waals surface area contributed by atoms with Crippen molar-refractivity contribution in [3.05, 3.63) is 65.3 Å². The van der Waals surface area contributed by atoms with Gasteiger partial charge in [0.25, 0.3) is 5.91 Å². The van der Waals surface area contributed by atoms with E-state index in [0.29, 0.717) is 52.7 Å². The molecule has 1 saturated heterocycles. The lowest BCUT2D eigenvalue weighted by Gasteiger charge is -2.22. The summed E-state index contributed by atoms with van der Waals surface area (Å²) in [7, 11) is 3.09. The van der Waals surface area contributed by atoms with Gasteiger partial charge in [0.15, 0.2) is 0 Å². The van der Waals surface area contributed by atoms with E-state index in [1.807, 2.05) is 24.3 Å². The topological polar surface area (TPSA) is 89.0 Å². The second-order valence-electron chi connectivity index (χ2n) is 7.66. The van der Waals surface area contributed by atoms with Gasteiger partial charge >= 0.3 is 5.97 Å². The number of benzene rings is 2. The summed E-state index contributed by atoms with van der Waals surface area (Å²) >= 11 is 6.52. The number of rotatable bonds is 6. The number of hydrogen-bond acceptors (Lipinski definition) is 5. The molecule has 1 fully saturated rings. The number of ether oxygens (including phenoxy) is 2. The molecule has 3 aromatic rings. The quantitative estimate of drug-likeness (QED) is 0.562. The van der Waals surface area contributed by atoms with Crippen LogP contribution in [0.25, 0.3) is 22.3 Å². The Morgan fingerprint density at radius 1 is 1.03 bits per heavy atom. The second-order valence-corrected chi connectivity index (χ2v) is 8.07. The number of carboxylic acids is 1. The van der Waals surface area contributed by atoms with Crippen LogP contribution in [0.3, 0.4) is 0 Å². The molecule has 1 amide bonds. The Kier molecular flexibility index (Phi) is 6.51. The average Bonchev–Trinajstić information content (AvgIpc) is 3.33. The van der Waals surface area contributed by atoms with Crippen molar-refractivity contribution < 1.29 is 24.2 Å². The molecule has 4 rings (SSSR count). The number of hydrogen-bond donors (Lipinski definition) is 1. The third kappa shape index (κ3) is 4.36. The molecule has 0 radical (unpaired) electrons. The SMILES string of the molecule is COc1cc(OC)c(-c2ccc(C(=O)N3CCCC3C(=O)O)cc2-c2ccccc2Cl)cn1. The van der Waals surface area contributed by atoms with Gasteiger partial charge in [-0.1, -0.05) is 35.9 Å². The van der Waals surface area contributed by atoms with Crippen LogP contribution in [-0.2, 0) is 4.79 Å². The van der Waals surface area contributed by atoms with E-state index in [4.69, 9.17) is 21.1 Å². The van der Waals surface area contributed by atoms with Crippen LogP contribution in [-0.4, -0.2) is 53.7 Å². The first kappa shape index (κ1) is 22.6. The first-order chi connectivity index (χ1) is 15.9. The number of aromatic nitrogens is 1. The maximum Gasteiger partial charge on any atom is 0.326 e. The summed E-state index contributed by atoms with van der Waals surface area (Å²) in [6, 6.07) is 13.5. The van der Waals surface area contributed by atoms with Crippen LogP contribution >= 0.6 is 11.6 Å². The highest BCUT2D eigenvalue weighted by Gasteiger charge is 2.34. The van der Waals surface area contributed by atoms with Crippen molar-refractivity contribution in [3.63, 3.8) is 0 Å². The first-order valence-electron chi connectivity index (χ1n) is 10.5. The smallest absolute Gasteiger partial charge is 0.326 e. The van der Waals surface area contributed by atoms with Crippen LogP contribution in [0.5, 0.6) is 11.6 Å². The molecule has 2 heterocycles. The van der Waals surface area contributed by atoms with Crippen LogP contribution in [0.15, 0.2) is 54.7 Å². The fourth-order valence-electron chi connectivity index (χ4n) is 4.15. The van der Waals surface area contributed by atoms with E-state index in [0.717, 1.165) is 11.1 Å². The fourth-order valence-corrected chi connectivity index (χ4v) is 4.39. The summed E-state index contributed by atoms with van der Waals surface area (Å²) < 4.78 is 10.8. The van der Waals surface area contributed by atoms with E-state index in [-0.39, 0.29) is 5.91 Å². The van der Waals surface area contributed by atoms with Crippen molar-refractivity contribution in [2.24, 2.45) is 0 Å². The number of halogens is 1. The second kappa shape index (κ2) is 9.50. The van der Waals surface area contributed by atoms with E-state index >= 15 is 0 Å². The fraction of sp³-hybridized carbons (Fsp3) is 0.240. The van der Waals surface area contributed by atoms with Crippen molar-refractivity contribution in [1.82, 2.24) is 9.88 Å². The van der Waals surface area contributed by atoms with E-state index < -0.39 is 12.0 Å². The number of likely N-dealkylation sites (tertiary alicyclic amines) is 1. The molecule has 1 N–H and O–H groups in total. The Hall–Kier alpha value is -3.58. The van der Waals surface area contributed by atoms with Crippen LogP contribution in [0, 0.1) is 0 Å². The number of amides is 1.